The fourth-order valence-corrected chi connectivity index (χ4v) is 2.10. The Morgan fingerprint density at radius 1 is 1.35 bits per heavy atom. The lowest BCUT2D eigenvalue weighted by Crippen LogP contribution is -2.13. The molecule has 0 saturated heterocycles. The largest absolute Gasteiger partial charge is 0.439 e. The van der Waals surface area contributed by atoms with Crippen LogP contribution in [0.1, 0.15) is 23.7 Å². The summed E-state index contributed by atoms with van der Waals surface area (Å²) in [7, 11) is 1.86. The van der Waals surface area contributed by atoms with Crippen molar-refractivity contribution in [3.05, 3.63) is 41.1 Å². The third kappa shape index (κ3) is 3.00. The van der Waals surface area contributed by atoms with Gasteiger partial charge in [-0.15, -0.1) is 0 Å². The molecule has 0 spiro atoms. The Labute approximate surface area is 119 Å². The summed E-state index contributed by atoms with van der Waals surface area (Å²) in [5.41, 5.74) is 2.76. The second kappa shape index (κ2) is 6.54. The van der Waals surface area contributed by atoms with Crippen LogP contribution in [0, 0.1) is 6.92 Å². The van der Waals surface area contributed by atoms with E-state index < -0.39 is 0 Å². The average Bonchev–Trinajstić information content (AvgIpc) is 2.71. The van der Waals surface area contributed by atoms with Crippen LogP contribution in [0.4, 0.5) is 0 Å². The van der Waals surface area contributed by atoms with Gasteiger partial charge in [-0.25, -0.2) is 4.68 Å². The third-order valence-electron chi connectivity index (χ3n) is 3.19. The van der Waals surface area contributed by atoms with Crippen molar-refractivity contribution in [3.63, 3.8) is 0 Å². The van der Waals surface area contributed by atoms with Crippen molar-refractivity contribution < 1.29 is 9.84 Å². The van der Waals surface area contributed by atoms with Gasteiger partial charge in [-0.2, -0.15) is 5.10 Å². The predicted molar refractivity (Wildman–Crippen MR) is 77.8 cm³/mol. The molecule has 0 bridgehead atoms. The van der Waals surface area contributed by atoms with E-state index in [1.165, 1.54) is 0 Å². The van der Waals surface area contributed by atoms with Crippen molar-refractivity contribution in [2.24, 2.45) is 7.05 Å². The van der Waals surface area contributed by atoms with Crippen LogP contribution in [0.15, 0.2) is 24.3 Å². The highest BCUT2D eigenvalue weighted by atomic mass is 16.5. The summed E-state index contributed by atoms with van der Waals surface area (Å²) in [6.07, 6.45) is 0. The van der Waals surface area contributed by atoms with Gasteiger partial charge in [0.05, 0.1) is 17.9 Å². The minimum Gasteiger partial charge on any atom is -0.439 e. The second-order valence-corrected chi connectivity index (χ2v) is 4.64. The number of aryl methyl sites for hydroxylation is 2. The third-order valence-corrected chi connectivity index (χ3v) is 3.19. The maximum atomic E-state index is 9.37. The van der Waals surface area contributed by atoms with E-state index in [1.54, 1.807) is 4.68 Å². The molecule has 5 nitrogen and oxygen atoms in total. The molecule has 5 heteroatoms. The molecule has 20 heavy (non-hydrogen) atoms. The predicted octanol–water partition coefficient (Wildman–Crippen LogP) is 2.12. The van der Waals surface area contributed by atoms with Crippen LogP contribution in [0.2, 0.25) is 0 Å². The summed E-state index contributed by atoms with van der Waals surface area (Å²) in [5.74, 6) is 1.38. The summed E-state index contributed by atoms with van der Waals surface area (Å²) in [6, 6.07) is 7.47. The number of nitrogens with zero attached hydrogens (tertiary/aromatic N) is 2. The number of para-hydroxylation sites is 1. The van der Waals surface area contributed by atoms with Gasteiger partial charge in [-0.1, -0.05) is 25.1 Å². The Hall–Kier alpha value is -1.85. The van der Waals surface area contributed by atoms with Gasteiger partial charge in [0, 0.05) is 19.2 Å². The number of aromatic nitrogens is 2. The summed E-state index contributed by atoms with van der Waals surface area (Å²) < 4.78 is 7.71. The molecule has 108 valence electrons. The maximum absolute atomic E-state index is 9.37. The van der Waals surface area contributed by atoms with Crippen molar-refractivity contribution in [3.8, 4) is 11.6 Å². The van der Waals surface area contributed by atoms with E-state index in [1.807, 2.05) is 38.2 Å². The number of hydrogen-bond acceptors (Lipinski definition) is 4. The lowest BCUT2D eigenvalue weighted by Gasteiger charge is -2.11. The Balaban J connectivity index is 2.32. The maximum Gasteiger partial charge on any atom is 0.222 e. The molecular weight excluding hydrogens is 254 g/mol. The van der Waals surface area contributed by atoms with Gasteiger partial charge in [0.1, 0.15) is 5.75 Å². The van der Waals surface area contributed by atoms with Crippen LogP contribution in [0.3, 0.4) is 0 Å². The van der Waals surface area contributed by atoms with E-state index in [2.05, 4.69) is 17.3 Å². The normalized spacial score (nSPS) is 10.8. The number of aliphatic hydroxyl groups excluding tert-OH is 1. The quantitative estimate of drug-likeness (QED) is 0.848. The Morgan fingerprint density at radius 2 is 2.10 bits per heavy atom. The van der Waals surface area contributed by atoms with Gasteiger partial charge < -0.3 is 15.2 Å². The van der Waals surface area contributed by atoms with Crippen molar-refractivity contribution in [2.75, 3.05) is 6.54 Å². The molecule has 0 saturated carbocycles. The van der Waals surface area contributed by atoms with E-state index in [0.29, 0.717) is 18.2 Å². The molecule has 2 rings (SSSR count). The summed E-state index contributed by atoms with van der Waals surface area (Å²) in [6.45, 7) is 5.59. The van der Waals surface area contributed by atoms with Gasteiger partial charge in [0.2, 0.25) is 5.88 Å². The molecular formula is C15H21N3O2. The second-order valence-electron chi connectivity index (χ2n) is 4.64. The summed E-state index contributed by atoms with van der Waals surface area (Å²) in [4.78, 5) is 0. The van der Waals surface area contributed by atoms with Crippen molar-refractivity contribution >= 4 is 0 Å². The fourth-order valence-electron chi connectivity index (χ4n) is 2.10. The number of benzene rings is 1. The molecule has 1 heterocycles. The highest BCUT2D eigenvalue weighted by Gasteiger charge is 2.16. The van der Waals surface area contributed by atoms with Crippen LogP contribution in [0.25, 0.3) is 0 Å². The van der Waals surface area contributed by atoms with Crippen molar-refractivity contribution in [2.45, 2.75) is 27.0 Å². The molecule has 0 amide bonds. The SMILES string of the molecule is CCNCc1c(C)nn(C)c1Oc1ccccc1CO. The molecule has 0 aliphatic carbocycles. The monoisotopic (exact) mass is 275 g/mol. The molecule has 1 aromatic carbocycles. The van der Waals surface area contributed by atoms with Crippen LogP contribution >= 0.6 is 0 Å². The first-order valence-electron chi connectivity index (χ1n) is 6.77. The van der Waals surface area contributed by atoms with Gasteiger partial charge in [-0.05, 0) is 19.5 Å². The lowest BCUT2D eigenvalue weighted by atomic mass is 10.2. The first-order chi connectivity index (χ1) is 9.67. The summed E-state index contributed by atoms with van der Waals surface area (Å²) >= 11 is 0. The topological polar surface area (TPSA) is 59.3 Å². The van der Waals surface area contributed by atoms with Crippen LogP contribution in [-0.2, 0) is 20.2 Å². The van der Waals surface area contributed by atoms with Crippen molar-refractivity contribution in [1.82, 2.24) is 15.1 Å². The van der Waals surface area contributed by atoms with Gasteiger partial charge >= 0.3 is 0 Å². The molecule has 0 aliphatic rings. The fraction of sp³-hybridized carbons (Fsp3) is 0.400. The zero-order valence-corrected chi connectivity index (χ0v) is 12.2. The molecule has 2 N–H and O–H groups in total. The number of rotatable bonds is 6. The zero-order valence-electron chi connectivity index (χ0n) is 12.2. The van der Waals surface area contributed by atoms with Crippen LogP contribution < -0.4 is 10.1 Å². The Kier molecular flexibility index (Phi) is 4.76. The standard InChI is InChI=1S/C15H21N3O2/c1-4-16-9-13-11(2)17-18(3)15(13)20-14-8-6-5-7-12(14)10-19/h5-8,16,19H,4,9-10H2,1-3H3. The van der Waals surface area contributed by atoms with Crippen LogP contribution in [-0.4, -0.2) is 21.4 Å². The van der Waals surface area contributed by atoms with E-state index in [4.69, 9.17) is 4.74 Å². The molecule has 0 aliphatic heterocycles. The van der Waals surface area contributed by atoms with E-state index in [-0.39, 0.29) is 6.61 Å². The van der Waals surface area contributed by atoms with E-state index in [9.17, 15) is 5.11 Å². The lowest BCUT2D eigenvalue weighted by molar-refractivity contribution is 0.275. The molecule has 2 aromatic rings. The number of nitrogens with one attached hydrogen (secondary N) is 1. The van der Waals surface area contributed by atoms with E-state index >= 15 is 0 Å². The first kappa shape index (κ1) is 14.6. The number of hydrogen-bond donors (Lipinski definition) is 2. The zero-order chi connectivity index (χ0) is 14.5. The minimum atomic E-state index is -0.0461. The molecule has 0 fully saturated rings. The first-order valence-corrected chi connectivity index (χ1v) is 6.77. The highest BCUT2D eigenvalue weighted by Crippen LogP contribution is 2.29. The van der Waals surface area contributed by atoms with Gasteiger partial charge in [0.25, 0.3) is 0 Å². The Bertz CT molecular complexity index is 578. The molecule has 0 radical (unpaired) electrons. The highest BCUT2D eigenvalue weighted by molar-refractivity contribution is 5.39. The number of aliphatic hydroxyl groups is 1. The molecule has 1 aromatic heterocycles. The summed E-state index contributed by atoms with van der Waals surface area (Å²) in [5, 5.41) is 17.1. The minimum absolute atomic E-state index is 0.0461. The smallest absolute Gasteiger partial charge is 0.222 e. The van der Waals surface area contributed by atoms with Gasteiger partial charge in [0.15, 0.2) is 0 Å². The number of ether oxygens (including phenoxy) is 1. The average molecular weight is 275 g/mol. The van der Waals surface area contributed by atoms with Crippen molar-refractivity contribution in [1.29, 1.82) is 0 Å². The molecule has 0 atom stereocenters. The van der Waals surface area contributed by atoms with E-state index in [0.717, 1.165) is 23.4 Å². The van der Waals surface area contributed by atoms with Crippen LogP contribution in [0.5, 0.6) is 11.6 Å². The van der Waals surface area contributed by atoms with Gasteiger partial charge in [-0.3, -0.25) is 0 Å². The molecule has 0 unspecified atom stereocenters. The Morgan fingerprint density at radius 3 is 2.80 bits per heavy atom.